The second kappa shape index (κ2) is 6.19. The van der Waals surface area contributed by atoms with E-state index in [1.54, 1.807) is 7.05 Å². The van der Waals surface area contributed by atoms with Crippen LogP contribution in [0.25, 0.3) is 0 Å². The van der Waals surface area contributed by atoms with Crippen molar-refractivity contribution in [2.24, 2.45) is 5.92 Å². The lowest BCUT2D eigenvalue weighted by molar-refractivity contribution is -0.125. The molecule has 86 valence electrons. The maximum absolute atomic E-state index is 12.4. The fourth-order valence-corrected chi connectivity index (χ4v) is 0.983. The van der Waals surface area contributed by atoms with E-state index < -0.39 is 18.9 Å². The predicted molar refractivity (Wildman–Crippen MR) is 46.9 cm³/mol. The van der Waals surface area contributed by atoms with Crippen LogP contribution in [0.4, 0.5) is 17.6 Å². The van der Waals surface area contributed by atoms with Crippen molar-refractivity contribution in [1.82, 2.24) is 10.6 Å². The average Bonchev–Trinajstić information content (AvgIpc) is 2.04. The van der Waals surface area contributed by atoms with Crippen molar-refractivity contribution in [2.75, 3.05) is 26.7 Å². The Kier molecular flexibility index (Phi) is 6.03. The molecule has 0 saturated heterocycles. The highest BCUT2D eigenvalue weighted by Crippen LogP contribution is 2.21. The summed E-state index contributed by atoms with van der Waals surface area (Å²) in [6.07, 6.45) is -3.60. The van der Waals surface area contributed by atoms with Crippen LogP contribution in [0.1, 0.15) is 6.92 Å². The van der Waals surface area contributed by atoms with Crippen LogP contribution in [-0.2, 0) is 0 Å². The topological polar surface area (TPSA) is 24.1 Å². The van der Waals surface area contributed by atoms with Crippen molar-refractivity contribution < 1.29 is 17.6 Å². The van der Waals surface area contributed by atoms with Crippen molar-refractivity contribution in [1.29, 1.82) is 0 Å². The van der Waals surface area contributed by atoms with E-state index in [9.17, 15) is 17.6 Å². The zero-order chi connectivity index (χ0) is 11.2. The molecule has 2 N–H and O–H groups in total. The largest absolute Gasteiger partial charge is 0.319 e. The molecule has 0 saturated carbocycles. The highest BCUT2D eigenvalue weighted by molar-refractivity contribution is 4.73. The maximum Gasteiger partial charge on any atom is 0.319 e. The van der Waals surface area contributed by atoms with E-state index in [1.165, 1.54) is 0 Å². The highest BCUT2D eigenvalue weighted by Gasteiger charge is 2.39. The molecule has 0 spiro atoms. The van der Waals surface area contributed by atoms with Crippen LogP contribution >= 0.6 is 0 Å². The van der Waals surface area contributed by atoms with Crippen molar-refractivity contribution in [3.05, 3.63) is 0 Å². The Morgan fingerprint density at radius 1 is 1.21 bits per heavy atom. The molecule has 0 fully saturated rings. The van der Waals surface area contributed by atoms with Gasteiger partial charge in [-0.15, -0.1) is 0 Å². The lowest BCUT2D eigenvalue weighted by atomic mass is 10.2. The third-order valence-corrected chi connectivity index (χ3v) is 1.73. The first kappa shape index (κ1) is 13.6. The van der Waals surface area contributed by atoms with Crippen molar-refractivity contribution in [2.45, 2.75) is 19.3 Å². The van der Waals surface area contributed by atoms with Gasteiger partial charge in [0.1, 0.15) is 0 Å². The summed E-state index contributed by atoms with van der Waals surface area (Å²) in [4.78, 5) is 0. The second-order valence-electron chi connectivity index (χ2n) is 3.36. The van der Waals surface area contributed by atoms with Gasteiger partial charge >= 0.3 is 12.3 Å². The Morgan fingerprint density at radius 2 is 1.79 bits per heavy atom. The Morgan fingerprint density at radius 3 is 2.21 bits per heavy atom. The Labute approximate surface area is 81.1 Å². The van der Waals surface area contributed by atoms with Gasteiger partial charge in [-0.05, 0) is 26.1 Å². The summed E-state index contributed by atoms with van der Waals surface area (Å²) in [5.74, 6) is -3.80. The van der Waals surface area contributed by atoms with E-state index in [2.05, 4.69) is 10.6 Å². The normalized spacial score (nSPS) is 14.8. The maximum atomic E-state index is 12.4. The number of alkyl halides is 4. The zero-order valence-electron chi connectivity index (χ0n) is 8.29. The van der Waals surface area contributed by atoms with Gasteiger partial charge in [-0.2, -0.15) is 8.78 Å². The van der Waals surface area contributed by atoms with Crippen LogP contribution < -0.4 is 10.6 Å². The molecule has 0 aliphatic rings. The van der Waals surface area contributed by atoms with Gasteiger partial charge in [0.05, 0.1) is 6.54 Å². The quantitative estimate of drug-likeness (QED) is 0.627. The lowest BCUT2D eigenvalue weighted by Gasteiger charge is -2.17. The summed E-state index contributed by atoms with van der Waals surface area (Å²) in [7, 11) is 1.74. The number of hydrogen-bond donors (Lipinski definition) is 2. The molecule has 0 heterocycles. The van der Waals surface area contributed by atoms with E-state index in [0.717, 1.165) is 0 Å². The van der Waals surface area contributed by atoms with Crippen LogP contribution in [0.3, 0.4) is 0 Å². The molecule has 14 heavy (non-hydrogen) atoms. The smallest absolute Gasteiger partial charge is 0.319 e. The molecule has 0 aliphatic carbocycles. The minimum absolute atomic E-state index is 0.133. The Hall–Kier alpha value is -0.360. The molecule has 2 nitrogen and oxygen atoms in total. The van der Waals surface area contributed by atoms with Gasteiger partial charge in [-0.3, -0.25) is 0 Å². The molecule has 0 aromatic rings. The number of rotatable bonds is 7. The minimum atomic E-state index is -3.93. The first-order valence-corrected chi connectivity index (χ1v) is 4.41. The van der Waals surface area contributed by atoms with Crippen molar-refractivity contribution in [3.63, 3.8) is 0 Å². The summed E-state index contributed by atoms with van der Waals surface area (Å²) in [5.41, 5.74) is 0. The van der Waals surface area contributed by atoms with E-state index in [1.807, 2.05) is 6.92 Å². The van der Waals surface area contributed by atoms with Gasteiger partial charge < -0.3 is 10.6 Å². The number of hydrogen-bond acceptors (Lipinski definition) is 2. The predicted octanol–water partition coefficient (Wildman–Crippen LogP) is 1.33. The third-order valence-electron chi connectivity index (χ3n) is 1.73. The standard InChI is InChI=1S/C8H16F4N2/c1-6(3-13-2)4-14-5-8(11,12)7(9)10/h6-7,13-14H,3-5H2,1-2H3. The molecule has 0 aliphatic heterocycles. The van der Waals surface area contributed by atoms with Crippen molar-refractivity contribution >= 4 is 0 Å². The lowest BCUT2D eigenvalue weighted by Crippen LogP contribution is -2.41. The molecule has 6 heteroatoms. The van der Waals surface area contributed by atoms with Crippen molar-refractivity contribution in [3.8, 4) is 0 Å². The number of nitrogens with one attached hydrogen (secondary N) is 2. The van der Waals surface area contributed by atoms with Gasteiger partial charge in [0.2, 0.25) is 0 Å². The van der Waals surface area contributed by atoms with Gasteiger partial charge in [0, 0.05) is 0 Å². The Balaban J connectivity index is 3.62. The Bertz CT molecular complexity index is 152. The fraction of sp³-hybridized carbons (Fsp3) is 1.00. The summed E-state index contributed by atoms with van der Waals surface area (Å²) in [5, 5.41) is 5.18. The van der Waals surface area contributed by atoms with Gasteiger partial charge in [0.25, 0.3) is 0 Å². The van der Waals surface area contributed by atoms with E-state index in [-0.39, 0.29) is 5.92 Å². The minimum Gasteiger partial charge on any atom is -0.319 e. The second-order valence-corrected chi connectivity index (χ2v) is 3.36. The third kappa shape index (κ3) is 5.39. The summed E-state index contributed by atoms with van der Waals surface area (Å²) in [6, 6.07) is 0. The molecule has 0 aromatic heterocycles. The molecule has 0 aromatic carbocycles. The van der Waals surface area contributed by atoms with Crippen LogP contribution in [0, 0.1) is 5.92 Å². The monoisotopic (exact) mass is 216 g/mol. The summed E-state index contributed by atoms with van der Waals surface area (Å²) < 4.78 is 48.1. The van der Waals surface area contributed by atoms with Crippen LogP contribution in [0.2, 0.25) is 0 Å². The number of halogens is 4. The van der Waals surface area contributed by atoms with Gasteiger partial charge in [-0.1, -0.05) is 6.92 Å². The molecule has 0 radical (unpaired) electrons. The molecule has 0 amide bonds. The molecule has 0 rings (SSSR count). The van der Waals surface area contributed by atoms with Crippen LogP contribution in [0.5, 0.6) is 0 Å². The summed E-state index contributed by atoms with van der Waals surface area (Å²) >= 11 is 0. The fourth-order valence-electron chi connectivity index (χ4n) is 0.983. The van der Waals surface area contributed by atoms with Gasteiger partial charge in [-0.25, -0.2) is 8.78 Å². The van der Waals surface area contributed by atoms with Gasteiger partial charge in [0.15, 0.2) is 0 Å². The van der Waals surface area contributed by atoms with E-state index >= 15 is 0 Å². The zero-order valence-corrected chi connectivity index (χ0v) is 8.29. The summed E-state index contributed by atoms with van der Waals surface area (Å²) in [6.45, 7) is 1.82. The molecule has 1 unspecified atom stereocenters. The van der Waals surface area contributed by atoms with E-state index in [0.29, 0.717) is 13.1 Å². The van der Waals surface area contributed by atoms with Crippen LogP contribution in [0.15, 0.2) is 0 Å². The van der Waals surface area contributed by atoms with Crippen LogP contribution in [-0.4, -0.2) is 39.0 Å². The van der Waals surface area contributed by atoms with E-state index in [4.69, 9.17) is 0 Å². The molecular formula is C8H16F4N2. The average molecular weight is 216 g/mol. The molecule has 0 bridgehead atoms. The molecular weight excluding hydrogens is 200 g/mol. The highest BCUT2D eigenvalue weighted by atomic mass is 19.3. The molecule has 1 atom stereocenters. The SMILES string of the molecule is CNCC(C)CNCC(F)(F)C(F)F. The first-order valence-electron chi connectivity index (χ1n) is 4.41. The first-order chi connectivity index (χ1) is 6.40.